The number of aliphatic carboxylic acids is 1. The molecule has 21 heavy (non-hydrogen) atoms. The molecular weight excluding hydrogens is 273 g/mol. The predicted octanol–water partition coefficient (Wildman–Crippen LogP) is 2.72. The number of hydrogen-bond donors (Lipinski definition) is 1. The van der Waals surface area contributed by atoms with Crippen molar-refractivity contribution in [1.29, 1.82) is 0 Å². The van der Waals surface area contributed by atoms with Gasteiger partial charge in [0.05, 0.1) is 6.42 Å². The summed E-state index contributed by atoms with van der Waals surface area (Å²) < 4.78 is 12.8. The molecule has 0 saturated carbocycles. The van der Waals surface area contributed by atoms with Crippen LogP contribution in [0.3, 0.4) is 0 Å². The fourth-order valence-corrected chi connectivity index (χ4v) is 1.99. The molecule has 1 aromatic carbocycles. The van der Waals surface area contributed by atoms with E-state index in [0.717, 1.165) is 5.56 Å². The summed E-state index contributed by atoms with van der Waals surface area (Å²) in [4.78, 5) is 24.4. The molecule has 1 rings (SSSR count). The van der Waals surface area contributed by atoms with Gasteiger partial charge in [-0.2, -0.15) is 0 Å². The Morgan fingerprint density at radius 1 is 1.19 bits per heavy atom. The van der Waals surface area contributed by atoms with Crippen molar-refractivity contribution in [3.63, 3.8) is 0 Å². The van der Waals surface area contributed by atoms with Crippen molar-refractivity contribution in [2.75, 3.05) is 13.1 Å². The maximum atomic E-state index is 12.8. The molecule has 1 N–H and O–H groups in total. The summed E-state index contributed by atoms with van der Waals surface area (Å²) in [5, 5.41) is 8.76. The van der Waals surface area contributed by atoms with Crippen molar-refractivity contribution in [3.05, 3.63) is 35.6 Å². The van der Waals surface area contributed by atoms with Crippen LogP contribution in [-0.4, -0.2) is 35.0 Å². The molecule has 116 valence electrons. The van der Waals surface area contributed by atoms with Crippen LogP contribution in [0.2, 0.25) is 0 Å². The van der Waals surface area contributed by atoms with Crippen molar-refractivity contribution in [1.82, 2.24) is 4.90 Å². The van der Waals surface area contributed by atoms with E-state index in [1.165, 1.54) is 12.1 Å². The predicted molar refractivity (Wildman–Crippen MR) is 78.4 cm³/mol. The van der Waals surface area contributed by atoms with Crippen molar-refractivity contribution in [3.8, 4) is 0 Å². The van der Waals surface area contributed by atoms with Crippen LogP contribution in [-0.2, 0) is 16.0 Å². The highest BCUT2D eigenvalue weighted by Crippen LogP contribution is 2.08. The van der Waals surface area contributed by atoms with Crippen molar-refractivity contribution in [2.45, 2.75) is 33.1 Å². The molecule has 0 bridgehead atoms. The fourth-order valence-electron chi connectivity index (χ4n) is 1.99. The number of carboxylic acids is 1. The minimum Gasteiger partial charge on any atom is -0.481 e. The average molecular weight is 295 g/mol. The molecule has 0 aliphatic rings. The summed E-state index contributed by atoms with van der Waals surface area (Å²) in [6.45, 7) is 4.56. The second-order valence-corrected chi connectivity index (χ2v) is 5.50. The van der Waals surface area contributed by atoms with Gasteiger partial charge < -0.3 is 10.0 Å². The molecule has 0 saturated heterocycles. The quantitative estimate of drug-likeness (QED) is 0.802. The Morgan fingerprint density at radius 3 is 2.33 bits per heavy atom. The van der Waals surface area contributed by atoms with E-state index in [1.807, 2.05) is 13.8 Å². The van der Waals surface area contributed by atoms with Gasteiger partial charge in [-0.15, -0.1) is 0 Å². The third-order valence-corrected chi connectivity index (χ3v) is 3.11. The molecule has 0 aliphatic carbocycles. The molecule has 0 heterocycles. The molecule has 0 unspecified atom stereocenters. The lowest BCUT2D eigenvalue weighted by Gasteiger charge is -2.23. The van der Waals surface area contributed by atoms with E-state index < -0.39 is 5.97 Å². The normalized spacial score (nSPS) is 10.7. The van der Waals surface area contributed by atoms with E-state index in [4.69, 9.17) is 5.11 Å². The van der Waals surface area contributed by atoms with Crippen LogP contribution in [0.4, 0.5) is 4.39 Å². The van der Waals surface area contributed by atoms with E-state index in [0.29, 0.717) is 19.4 Å². The second kappa shape index (κ2) is 8.39. The van der Waals surface area contributed by atoms with Gasteiger partial charge in [0, 0.05) is 19.5 Å². The summed E-state index contributed by atoms with van der Waals surface area (Å²) in [6.07, 6.45) is 0.931. The zero-order chi connectivity index (χ0) is 15.8. The molecule has 1 aromatic rings. The van der Waals surface area contributed by atoms with Crippen LogP contribution >= 0.6 is 0 Å². The Kier molecular flexibility index (Phi) is 6.85. The highest BCUT2D eigenvalue weighted by Gasteiger charge is 2.16. The maximum Gasteiger partial charge on any atom is 0.305 e. The lowest BCUT2D eigenvalue weighted by molar-refractivity contribution is -0.138. The number of hydrogen-bond acceptors (Lipinski definition) is 2. The number of amides is 1. The van der Waals surface area contributed by atoms with Crippen LogP contribution < -0.4 is 0 Å². The van der Waals surface area contributed by atoms with Crippen molar-refractivity contribution < 1.29 is 19.1 Å². The van der Waals surface area contributed by atoms with Crippen LogP contribution in [0.1, 0.15) is 32.3 Å². The standard InChI is InChI=1S/C16H22FNO3/c1-12(2)11-15(19)18(10-8-16(20)21)9-7-13-3-5-14(17)6-4-13/h3-6,12H,7-11H2,1-2H3,(H,20,21). The van der Waals surface area contributed by atoms with Gasteiger partial charge in [-0.1, -0.05) is 26.0 Å². The summed E-state index contributed by atoms with van der Waals surface area (Å²) in [5.74, 6) is -1.01. The highest BCUT2D eigenvalue weighted by atomic mass is 19.1. The first kappa shape index (κ1) is 17.1. The zero-order valence-electron chi connectivity index (χ0n) is 12.5. The minimum absolute atomic E-state index is 0.0339. The fraction of sp³-hybridized carbons (Fsp3) is 0.500. The summed E-state index contributed by atoms with van der Waals surface area (Å²) in [7, 11) is 0. The lowest BCUT2D eigenvalue weighted by atomic mass is 10.1. The third kappa shape index (κ3) is 6.88. The van der Waals surface area contributed by atoms with Gasteiger partial charge in [-0.3, -0.25) is 9.59 Å². The van der Waals surface area contributed by atoms with Crippen LogP contribution in [0, 0.1) is 11.7 Å². The van der Waals surface area contributed by atoms with Gasteiger partial charge >= 0.3 is 5.97 Å². The monoisotopic (exact) mass is 295 g/mol. The van der Waals surface area contributed by atoms with E-state index in [-0.39, 0.29) is 30.6 Å². The number of carbonyl (C=O) groups is 2. The Morgan fingerprint density at radius 2 is 1.81 bits per heavy atom. The number of carbonyl (C=O) groups excluding carboxylic acids is 1. The van der Waals surface area contributed by atoms with Crippen LogP contribution in [0.15, 0.2) is 24.3 Å². The van der Waals surface area contributed by atoms with Gasteiger partial charge in [0.1, 0.15) is 5.82 Å². The van der Waals surface area contributed by atoms with Crippen LogP contribution in [0.25, 0.3) is 0 Å². The largest absolute Gasteiger partial charge is 0.481 e. The number of carboxylic acid groups (broad SMARTS) is 1. The van der Waals surface area contributed by atoms with Crippen LogP contribution in [0.5, 0.6) is 0 Å². The number of rotatable bonds is 8. The van der Waals surface area contributed by atoms with Gasteiger partial charge in [-0.25, -0.2) is 4.39 Å². The Balaban J connectivity index is 2.60. The molecule has 0 fully saturated rings. The maximum absolute atomic E-state index is 12.8. The first-order chi connectivity index (χ1) is 9.88. The highest BCUT2D eigenvalue weighted by molar-refractivity contribution is 5.77. The second-order valence-electron chi connectivity index (χ2n) is 5.50. The molecule has 0 aliphatic heterocycles. The molecule has 1 amide bonds. The summed E-state index contributed by atoms with van der Waals surface area (Å²) >= 11 is 0. The summed E-state index contributed by atoms with van der Waals surface area (Å²) in [5.41, 5.74) is 0.925. The van der Waals surface area contributed by atoms with E-state index >= 15 is 0 Å². The number of halogens is 1. The van der Waals surface area contributed by atoms with Crippen molar-refractivity contribution >= 4 is 11.9 Å². The van der Waals surface area contributed by atoms with E-state index in [2.05, 4.69) is 0 Å². The van der Waals surface area contributed by atoms with Crippen molar-refractivity contribution in [2.24, 2.45) is 5.92 Å². The van der Waals surface area contributed by atoms with E-state index in [1.54, 1.807) is 17.0 Å². The molecule has 4 nitrogen and oxygen atoms in total. The SMILES string of the molecule is CC(C)CC(=O)N(CCC(=O)O)CCc1ccc(F)cc1. The number of benzene rings is 1. The first-order valence-electron chi connectivity index (χ1n) is 7.12. The molecular formula is C16H22FNO3. The molecule has 0 aromatic heterocycles. The first-order valence-corrected chi connectivity index (χ1v) is 7.12. The Hall–Kier alpha value is -1.91. The molecule has 0 atom stereocenters. The molecule has 5 heteroatoms. The minimum atomic E-state index is -0.917. The Bertz CT molecular complexity index is 471. The van der Waals surface area contributed by atoms with Gasteiger partial charge in [0.2, 0.25) is 5.91 Å². The van der Waals surface area contributed by atoms with E-state index in [9.17, 15) is 14.0 Å². The smallest absolute Gasteiger partial charge is 0.305 e. The summed E-state index contributed by atoms with van der Waals surface area (Å²) in [6, 6.07) is 6.12. The van der Waals surface area contributed by atoms with Gasteiger partial charge in [0.15, 0.2) is 0 Å². The molecule has 0 spiro atoms. The Labute approximate surface area is 124 Å². The van der Waals surface area contributed by atoms with Gasteiger partial charge in [0.25, 0.3) is 0 Å². The zero-order valence-corrected chi connectivity index (χ0v) is 12.5. The topological polar surface area (TPSA) is 57.6 Å². The van der Waals surface area contributed by atoms with Gasteiger partial charge in [-0.05, 0) is 30.0 Å². The third-order valence-electron chi connectivity index (χ3n) is 3.11. The average Bonchev–Trinajstić information content (AvgIpc) is 2.39. The number of nitrogens with zero attached hydrogens (tertiary/aromatic N) is 1. The lowest BCUT2D eigenvalue weighted by Crippen LogP contribution is -2.35. The molecule has 0 radical (unpaired) electrons.